The number of hydrogen-bond donors (Lipinski definition) is 2. The summed E-state index contributed by atoms with van der Waals surface area (Å²) >= 11 is 0. The van der Waals surface area contributed by atoms with E-state index in [9.17, 15) is 14.4 Å². The highest BCUT2D eigenvalue weighted by molar-refractivity contribution is 6.22. The standard InChI is InChI=1S/C25H27N3O3/c29-22-11-21(23(30)28(22)20-6-5-18-3-1-2-4-19(18)10-20)26-27-24(31)25-12-15-7-16(13-25)9-17(8-15)14-25/h1-6,10,15-17,21,26H,7-9,11-14H2,(H,27,31)/t15?,16?,17?,21-,25?/m0/s1. The molecule has 6 heteroatoms. The average molecular weight is 418 g/mol. The molecule has 2 aromatic carbocycles. The summed E-state index contributed by atoms with van der Waals surface area (Å²) in [7, 11) is 0. The average Bonchev–Trinajstić information content (AvgIpc) is 3.03. The maximum atomic E-state index is 13.2. The van der Waals surface area contributed by atoms with Gasteiger partial charge in [-0.05, 0) is 79.2 Å². The number of carbonyl (C=O) groups is 3. The van der Waals surface area contributed by atoms with Gasteiger partial charge in [-0.3, -0.25) is 19.8 Å². The highest BCUT2D eigenvalue weighted by Gasteiger charge is 2.54. The van der Waals surface area contributed by atoms with E-state index in [0.717, 1.165) is 30.0 Å². The van der Waals surface area contributed by atoms with Crippen molar-refractivity contribution in [1.82, 2.24) is 10.9 Å². The number of nitrogens with zero attached hydrogens (tertiary/aromatic N) is 1. The number of rotatable bonds is 4. The Bertz CT molecular complexity index is 1060. The lowest BCUT2D eigenvalue weighted by Crippen LogP contribution is -2.58. The molecule has 3 amide bonds. The third-order valence-corrected chi connectivity index (χ3v) is 8.02. The Morgan fingerprint density at radius 1 is 0.903 bits per heavy atom. The molecule has 5 aliphatic rings. The molecule has 5 fully saturated rings. The van der Waals surface area contributed by atoms with Crippen LogP contribution in [0.15, 0.2) is 42.5 Å². The molecule has 0 unspecified atom stereocenters. The van der Waals surface area contributed by atoms with Gasteiger partial charge in [-0.2, -0.15) is 0 Å². The quantitative estimate of drug-likeness (QED) is 0.591. The molecule has 1 saturated heterocycles. The first-order valence-corrected chi connectivity index (χ1v) is 11.4. The SMILES string of the molecule is O=C1C[C@H](NNC(=O)C23CC4CC(CC(C4)C2)C3)C(=O)N1c1ccc2ccccc2c1. The minimum absolute atomic E-state index is 0.0102. The molecule has 1 atom stereocenters. The van der Waals surface area contributed by atoms with Gasteiger partial charge >= 0.3 is 0 Å². The molecular weight excluding hydrogens is 390 g/mol. The Labute approximate surface area is 181 Å². The summed E-state index contributed by atoms with van der Waals surface area (Å²) in [6, 6.07) is 12.7. The molecule has 1 heterocycles. The van der Waals surface area contributed by atoms with Crippen LogP contribution in [0.4, 0.5) is 5.69 Å². The van der Waals surface area contributed by atoms with E-state index in [1.54, 1.807) is 6.07 Å². The fourth-order valence-corrected chi connectivity index (χ4v) is 7.01. The molecule has 4 bridgehead atoms. The van der Waals surface area contributed by atoms with Crippen molar-refractivity contribution < 1.29 is 14.4 Å². The molecule has 4 saturated carbocycles. The molecule has 6 nitrogen and oxygen atoms in total. The Balaban J connectivity index is 1.15. The maximum absolute atomic E-state index is 13.2. The number of imide groups is 1. The second-order valence-electron chi connectivity index (χ2n) is 10.2. The summed E-state index contributed by atoms with van der Waals surface area (Å²) in [5.41, 5.74) is 6.05. The lowest BCUT2D eigenvalue weighted by molar-refractivity contribution is -0.147. The lowest BCUT2D eigenvalue weighted by atomic mass is 9.49. The van der Waals surface area contributed by atoms with Gasteiger partial charge in [0.25, 0.3) is 5.91 Å². The van der Waals surface area contributed by atoms with Crippen LogP contribution in [0.2, 0.25) is 0 Å². The van der Waals surface area contributed by atoms with Crippen molar-refractivity contribution in [2.45, 2.75) is 51.0 Å². The molecule has 7 rings (SSSR count). The number of hydrazine groups is 1. The lowest BCUT2D eigenvalue weighted by Gasteiger charge is -2.55. The van der Waals surface area contributed by atoms with Gasteiger partial charge in [0, 0.05) is 0 Å². The molecule has 160 valence electrons. The molecule has 0 spiro atoms. The number of anilines is 1. The van der Waals surface area contributed by atoms with Gasteiger partial charge in [-0.15, -0.1) is 0 Å². The third kappa shape index (κ3) is 3.07. The van der Waals surface area contributed by atoms with Crippen molar-refractivity contribution in [2.75, 3.05) is 4.90 Å². The summed E-state index contributed by atoms with van der Waals surface area (Å²) in [6.07, 6.45) is 6.77. The zero-order valence-corrected chi connectivity index (χ0v) is 17.5. The number of fused-ring (bicyclic) bond motifs is 1. The van der Waals surface area contributed by atoms with Gasteiger partial charge in [0.2, 0.25) is 11.8 Å². The summed E-state index contributed by atoms with van der Waals surface area (Å²) in [5.74, 6) is 1.48. The Morgan fingerprint density at radius 2 is 1.55 bits per heavy atom. The van der Waals surface area contributed by atoms with Gasteiger partial charge in [-0.25, -0.2) is 10.3 Å². The van der Waals surface area contributed by atoms with Gasteiger partial charge in [-0.1, -0.05) is 30.3 Å². The van der Waals surface area contributed by atoms with E-state index < -0.39 is 6.04 Å². The summed E-state index contributed by atoms with van der Waals surface area (Å²) in [4.78, 5) is 40.0. The van der Waals surface area contributed by atoms with Crippen LogP contribution >= 0.6 is 0 Å². The van der Waals surface area contributed by atoms with Crippen LogP contribution in [-0.2, 0) is 14.4 Å². The molecule has 2 N–H and O–H groups in total. The molecule has 1 aliphatic heterocycles. The second-order valence-corrected chi connectivity index (χ2v) is 10.2. The van der Waals surface area contributed by atoms with Crippen LogP contribution in [0, 0.1) is 23.2 Å². The van der Waals surface area contributed by atoms with Crippen molar-refractivity contribution >= 4 is 34.2 Å². The van der Waals surface area contributed by atoms with Crippen LogP contribution in [-0.4, -0.2) is 23.8 Å². The number of benzene rings is 2. The van der Waals surface area contributed by atoms with Crippen molar-refractivity contribution in [1.29, 1.82) is 0 Å². The second kappa shape index (κ2) is 6.89. The summed E-state index contributed by atoms with van der Waals surface area (Å²) in [6.45, 7) is 0. The van der Waals surface area contributed by atoms with Crippen LogP contribution in [0.25, 0.3) is 10.8 Å². The van der Waals surface area contributed by atoms with Crippen molar-refractivity contribution in [2.24, 2.45) is 23.2 Å². The van der Waals surface area contributed by atoms with E-state index in [2.05, 4.69) is 10.9 Å². The monoisotopic (exact) mass is 417 g/mol. The van der Waals surface area contributed by atoms with Gasteiger partial charge < -0.3 is 0 Å². The zero-order chi connectivity index (χ0) is 21.2. The number of carbonyl (C=O) groups excluding carboxylic acids is 3. The van der Waals surface area contributed by atoms with Crippen LogP contribution < -0.4 is 15.8 Å². The summed E-state index contributed by atoms with van der Waals surface area (Å²) in [5, 5.41) is 2.04. The smallest absolute Gasteiger partial charge is 0.253 e. The molecule has 0 radical (unpaired) electrons. The van der Waals surface area contributed by atoms with Crippen LogP contribution in [0.5, 0.6) is 0 Å². The Hall–Kier alpha value is -2.73. The van der Waals surface area contributed by atoms with E-state index in [0.29, 0.717) is 23.4 Å². The molecule has 0 aromatic heterocycles. The first-order chi connectivity index (χ1) is 15.0. The Kier molecular flexibility index (Phi) is 4.22. The van der Waals surface area contributed by atoms with E-state index in [1.165, 1.54) is 24.2 Å². The molecule has 31 heavy (non-hydrogen) atoms. The fraction of sp³-hybridized carbons (Fsp3) is 0.480. The number of amides is 3. The van der Waals surface area contributed by atoms with Crippen molar-refractivity contribution in [3.05, 3.63) is 42.5 Å². The van der Waals surface area contributed by atoms with E-state index in [-0.39, 0.29) is 29.6 Å². The van der Waals surface area contributed by atoms with E-state index in [4.69, 9.17) is 0 Å². The summed E-state index contributed by atoms with van der Waals surface area (Å²) < 4.78 is 0. The fourth-order valence-electron chi connectivity index (χ4n) is 7.01. The predicted molar refractivity (Wildman–Crippen MR) is 117 cm³/mol. The Morgan fingerprint density at radius 3 is 2.23 bits per heavy atom. The molecule has 4 aliphatic carbocycles. The number of nitrogens with one attached hydrogen (secondary N) is 2. The normalized spacial score (nSPS) is 34.0. The molecule has 2 aromatic rings. The number of hydrogen-bond acceptors (Lipinski definition) is 4. The van der Waals surface area contributed by atoms with E-state index >= 15 is 0 Å². The highest BCUT2D eigenvalue weighted by Crippen LogP contribution is 2.60. The molecular formula is C25H27N3O3. The van der Waals surface area contributed by atoms with Gasteiger partial charge in [0.15, 0.2) is 0 Å². The largest absolute Gasteiger partial charge is 0.290 e. The topological polar surface area (TPSA) is 78.5 Å². The minimum Gasteiger partial charge on any atom is -0.290 e. The first kappa shape index (κ1) is 19.0. The van der Waals surface area contributed by atoms with Crippen molar-refractivity contribution in [3.63, 3.8) is 0 Å². The van der Waals surface area contributed by atoms with Crippen LogP contribution in [0.1, 0.15) is 44.9 Å². The predicted octanol–water partition coefficient (Wildman–Crippen LogP) is 3.31. The maximum Gasteiger partial charge on any atom is 0.253 e. The van der Waals surface area contributed by atoms with Gasteiger partial charge in [0.05, 0.1) is 17.5 Å². The highest BCUT2D eigenvalue weighted by atomic mass is 16.2. The van der Waals surface area contributed by atoms with E-state index in [1.807, 2.05) is 36.4 Å². The third-order valence-electron chi connectivity index (χ3n) is 8.02. The van der Waals surface area contributed by atoms with Crippen LogP contribution in [0.3, 0.4) is 0 Å². The minimum atomic E-state index is -0.725. The van der Waals surface area contributed by atoms with Gasteiger partial charge in [0.1, 0.15) is 6.04 Å². The zero-order valence-electron chi connectivity index (χ0n) is 17.5. The first-order valence-electron chi connectivity index (χ1n) is 11.4. The van der Waals surface area contributed by atoms with Crippen molar-refractivity contribution in [3.8, 4) is 0 Å².